The maximum atomic E-state index is 6.07. The molecule has 19 heavy (non-hydrogen) atoms. The van der Waals surface area contributed by atoms with Gasteiger partial charge in [0, 0.05) is 10.7 Å². The molecule has 2 N–H and O–H groups in total. The number of rotatable bonds is 5. The van der Waals surface area contributed by atoms with E-state index in [9.17, 15) is 0 Å². The van der Waals surface area contributed by atoms with E-state index in [1.807, 2.05) is 36.4 Å². The maximum absolute atomic E-state index is 6.07. The van der Waals surface area contributed by atoms with Crippen molar-refractivity contribution in [1.29, 1.82) is 0 Å². The molecule has 0 radical (unpaired) electrons. The van der Waals surface area contributed by atoms with Crippen molar-refractivity contribution in [2.24, 2.45) is 0 Å². The summed E-state index contributed by atoms with van der Waals surface area (Å²) in [6, 6.07) is 13.2. The Balaban J connectivity index is 1.88. The Labute approximate surface area is 117 Å². The number of halogens is 1. The van der Waals surface area contributed by atoms with E-state index in [1.165, 1.54) is 0 Å². The third-order valence-corrected chi connectivity index (χ3v) is 3.11. The lowest BCUT2D eigenvalue weighted by molar-refractivity contribution is 0.107. The quantitative estimate of drug-likeness (QED) is 0.849. The molecule has 0 atom stereocenters. The highest BCUT2D eigenvalue weighted by molar-refractivity contribution is 6.31. The first-order valence-electron chi connectivity index (χ1n) is 5.93. The number of ether oxygens (including phenoxy) is 2. The third-order valence-electron chi connectivity index (χ3n) is 2.76. The molecule has 0 saturated carbocycles. The summed E-state index contributed by atoms with van der Waals surface area (Å²) in [5.41, 5.74) is 8.32. The van der Waals surface area contributed by atoms with Crippen LogP contribution < -0.4 is 10.5 Å². The number of benzene rings is 2. The highest BCUT2D eigenvalue weighted by Crippen LogP contribution is 2.20. The minimum absolute atomic E-state index is 0.463. The number of hydrogen-bond donors (Lipinski definition) is 1. The van der Waals surface area contributed by atoms with E-state index in [0.717, 1.165) is 16.9 Å². The van der Waals surface area contributed by atoms with Gasteiger partial charge < -0.3 is 15.2 Å². The molecule has 4 heteroatoms. The van der Waals surface area contributed by atoms with Gasteiger partial charge in [-0.05, 0) is 35.4 Å². The second-order valence-electron chi connectivity index (χ2n) is 4.19. The molecule has 0 aliphatic rings. The van der Waals surface area contributed by atoms with Gasteiger partial charge in [-0.3, -0.25) is 0 Å². The molecule has 100 valence electrons. The van der Waals surface area contributed by atoms with E-state index in [2.05, 4.69) is 0 Å². The van der Waals surface area contributed by atoms with Gasteiger partial charge in [0.15, 0.2) is 0 Å². The Morgan fingerprint density at radius 1 is 1.05 bits per heavy atom. The standard InChI is InChI=1S/C15H16ClNO2/c1-18-14-6-2-11(3-7-14)9-19-10-12-4-5-13(17)8-15(12)16/h2-8H,9-10,17H2,1H3. The van der Waals surface area contributed by atoms with Crippen LogP contribution in [0.5, 0.6) is 5.75 Å². The molecular formula is C15H16ClNO2. The number of anilines is 1. The Bertz CT molecular complexity index is 540. The third kappa shape index (κ3) is 3.88. The summed E-state index contributed by atoms with van der Waals surface area (Å²) in [4.78, 5) is 0. The Morgan fingerprint density at radius 2 is 1.79 bits per heavy atom. The molecule has 0 aliphatic heterocycles. The van der Waals surface area contributed by atoms with E-state index < -0.39 is 0 Å². The molecule has 0 spiro atoms. The molecule has 0 heterocycles. The van der Waals surface area contributed by atoms with E-state index in [4.69, 9.17) is 26.8 Å². The Morgan fingerprint density at radius 3 is 2.42 bits per heavy atom. The minimum Gasteiger partial charge on any atom is -0.497 e. The maximum Gasteiger partial charge on any atom is 0.118 e. The van der Waals surface area contributed by atoms with E-state index in [0.29, 0.717) is 23.9 Å². The molecule has 0 fully saturated rings. The second kappa shape index (κ2) is 6.45. The summed E-state index contributed by atoms with van der Waals surface area (Å²) in [6.45, 7) is 0.996. The average molecular weight is 278 g/mol. The van der Waals surface area contributed by atoms with Gasteiger partial charge in [-0.25, -0.2) is 0 Å². The summed E-state index contributed by atoms with van der Waals surface area (Å²) in [5, 5.41) is 0.634. The van der Waals surface area contributed by atoms with Gasteiger partial charge in [0.1, 0.15) is 5.75 Å². The monoisotopic (exact) mass is 277 g/mol. The van der Waals surface area contributed by atoms with E-state index in [-0.39, 0.29) is 0 Å². The van der Waals surface area contributed by atoms with E-state index in [1.54, 1.807) is 13.2 Å². The van der Waals surface area contributed by atoms with Crippen LogP contribution in [0.25, 0.3) is 0 Å². The normalized spacial score (nSPS) is 10.4. The molecule has 0 aromatic heterocycles. The second-order valence-corrected chi connectivity index (χ2v) is 4.60. The first-order valence-corrected chi connectivity index (χ1v) is 6.31. The summed E-state index contributed by atoms with van der Waals surface area (Å²) in [7, 11) is 1.65. The number of nitrogens with two attached hydrogens (primary N) is 1. The Kier molecular flexibility index (Phi) is 4.66. The van der Waals surface area contributed by atoms with Gasteiger partial charge in [-0.1, -0.05) is 29.8 Å². The van der Waals surface area contributed by atoms with Gasteiger partial charge in [-0.15, -0.1) is 0 Å². The SMILES string of the molecule is COc1ccc(COCc2ccc(N)cc2Cl)cc1. The van der Waals surface area contributed by atoms with Gasteiger partial charge in [0.05, 0.1) is 20.3 Å². The Hall–Kier alpha value is -1.71. The van der Waals surface area contributed by atoms with Crippen LogP contribution in [-0.4, -0.2) is 7.11 Å². The minimum atomic E-state index is 0.463. The topological polar surface area (TPSA) is 44.5 Å². The lowest BCUT2D eigenvalue weighted by Gasteiger charge is -2.07. The van der Waals surface area contributed by atoms with Crippen molar-refractivity contribution in [2.75, 3.05) is 12.8 Å². The number of nitrogen functional groups attached to an aromatic ring is 1. The molecule has 3 nitrogen and oxygen atoms in total. The van der Waals surface area contributed by atoms with Crippen molar-refractivity contribution in [1.82, 2.24) is 0 Å². The first-order chi connectivity index (χ1) is 9.19. The average Bonchev–Trinajstić information content (AvgIpc) is 2.42. The molecule has 0 aliphatic carbocycles. The van der Waals surface area contributed by atoms with Crippen LogP contribution in [0.15, 0.2) is 42.5 Å². The van der Waals surface area contributed by atoms with Crippen LogP contribution >= 0.6 is 11.6 Å². The van der Waals surface area contributed by atoms with Crippen LogP contribution in [-0.2, 0) is 18.0 Å². The van der Waals surface area contributed by atoms with Crippen LogP contribution in [0.3, 0.4) is 0 Å². The highest BCUT2D eigenvalue weighted by Gasteiger charge is 2.01. The highest BCUT2D eigenvalue weighted by atomic mass is 35.5. The molecule has 2 aromatic carbocycles. The largest absolute Gasteiger partial charge is 0.497 e. The van der Waals surface area contributed by atoms with Crippen molar-refractivity contribution < 1.29 is 9.47 Å². The van der Waals surface area contributed by atoms with Crippen molar-refractivity contribution >= 4 is 17.3 Å². The van der Waals surface area contributed by atoms with Gasteiger partial charge in [0.2, 0.25) is 0 Å². The van der Waals surface area contributed by atoms with Crippen molar-refractivity contribution in [3.05, 3.63) is 58.6 Å². The fraction of sp³-hybridized carbons (Fsp3) is 0.200. The van der Waals surface area contributed by atoms with Gasteiger partial charge >= 0.3 is 0 Å². The molecule has 0 unspecified atom stereocenters. The summed E-state index contributed by atoms with van der Waals surface area (Å²) < 4.78 is 10.7. The first kappa shape index (κ1) is 13.7. The summed E-state index contributed by atoms with van der Waals surface area (Å²) in [5.74, 6) is 0.838. The zero-order chi connectivity index (χ0) is 13.7. The molecule has 2 rings (SSSR count). The molecule has 0 bridgehead atoms. The van der Waals surface area contributed by atoms with Gasteiger partial charge in [-0.2, -0.15) is 0 Å². The fourth-order valence-electron chi connectivity index (χ4n) is 1.68. The van der Waals surface area contributed by atoms with Crippen LogP contribution in [0.2, 0.25) is 5.02 Å². The molecule has 0 amide bonds. The van der Waals surface area contributed by atoms with Gasteiger partial charge in [0.25, 0.3) is 0 Å². The van der Waals surface area contributed by atoms with Crippen LogP contribution in [0, 0.1) is 0 Å². The fourth-order valence-corrected chi connectivity index (χ4v) is 1.92. The lowest BCUT2D eigenvalue weighted by Crippen LogP contribution is -1.96. The summed E-state index contributed by atoms with van der Waals surface area (Å²) >= 11 is 6.07. The molecule has 0 saturated heterocycles. The zero-order valence-electron chi connectivity index (χ0n) is 10.7. The molecule has 2 aromatic rings. The van der Waals surface area contributed by atoms with Crippen molar-refractivity contribution in [3.8, 4) is 5.75 Å². The summed E-state index contributed by atoms with van der Waals surface area (Å²) in [6.07, 6.45) is 0. The van der Waals surface area contributed by atoms with Crippen molar-refractivity contribution in [3.63, 3.8) is 0 Å². The number of methoxy groups -OCH3 is 1. The van der Waals surface area contributed by atoms with E-state index >= 15 is 0 Å². The lowest BCUT2D eigenvalue weighted by atomic mass is 10.2. The van der Waals surface area contributed by atoms with Crippen molar-refractivity contribution in [2.45, 2.75) is 13.2 Å². The van der Waals surface area contributed by atoms with Crippen LogP contribution in [0.1, 0.15) is 11.1 Å². The smallest absolute Gasteiger partial charge is 0.118 e. The zero-order valence-corrected chi connectivity index (χ0v) is 11.5. The predicted octanol–water partition coefficient (Wildman–Crippen LogP) is 3.65. The predicted molar refractivity (Wildman–Crippen MR) is 77.4 cm³/mol. The molecular weight excluding hydrogens is 262 g/mol. The van der Waals surface area contributed by atoms with Crippen LogP contribution in [0.4, 0.5) is 5.69 Å². The number of hydrogen-bond acceptors (Lipinski definition) is 3.